The Balaban J connectivity index is 1.74. The predicted molar refractivity (Wildman–Crippen MR) is 108 cm³/mol. The zero-order chi connectivity index (χ0) is 18.5. The number of carbonyl (C=O) groups excluding carboxylic acids is 1. The lowest BCUT2D eigenvalue weighted by Gasteiger charge is -2.18. The Morgan fingerprint density at radius 3 is 2.81 bits per heavy atom. The second-order valence-electron chi connectivity index (χ2n) is 5.86. The van der Waals surface area contributed by atoms with Gasteiger partial charge in [-0.15, -0.1) is 22.7 Å². The monoisotopic (exact) mass is 390 g/mol. The minimum atomic E-state index is -0.173. The minimum Gasteiger partial charge on any atom is -0.353 e. The van der Waals surface area contributed by atoms with Crippen LogP contribution in [0.15, 0.2) is 34.0 Å². The van der Waals surface area contributed by atoms with E-state index in [4.69, 9.17) is 0 Å². The van der Waals surface area contributed by atoms with Crippen LogP contribution < -0.4 is 10.9 Å². The number of hydrogen-bond donors (Lipinski definition) is 1. The van der Waals surface area contributed by atoms with Gasteiger partial charge in [-0.2, -0.15) is 0 Å². The van der Waals surface area contributed by atoms with Crippen molar-refractivity contribution in [1.29, 1.82) is 0 Å². The minimum absolute atomic E-state index is 0.0141. The van der Waals surface area contributed by atoms with Crippen molar-refractivity contribution in [3.63, 3.8) is 0 Å². The molecule has 0 fully saturated rings. The van der Waals surface area contributed by atoms with Gasteiger partial charge in [0.1, 0.15) is 11.4 Å². The molecule has 3 aromatic heterocycles. The first kappa shape index (κ1) is 18.8. The van der Waals surface area contributed by atoms with Gasteiger partial charge in [0, 0.05) is 28.9 Å². The van der Waals surface area contributed by atoms with Crippen molar-refractivity contribution in [3.8, 4) is 10.4 Å². The van der Waals surface area contributed by atoms with Crippen LogP contribution in [-0.4, -0.2) is 46.5 Å². The largest absolute Gasteiger partial charge is 0.353 e. The van der Waals surface area contributed by atoms with Crippen molar-refractivity contribution >= 4 is 38.8 Å². The van der Waals surface area contributed by atoms with Gasteiger partial charge in [0.05, 0.1) is 11.7 Å². The maximum atomic E-state index is 12.9. The van der Waals surface area contributed by atoms with E-state index in [0.29, 0.717) is 16.8 Å². The number of amides is 1. The number of nitrogens with one attached hydrogen (secondary N) is 1. The van der Waals surface area contributed by atoms with Gasteiger partial charge in [0.15, 0.2) is 0 Å². The molecule has 3 heterocycles. The van der Waals surface area contributed by atoms with Crippen LogP contribution in [0.5, 0.6) is 0 Å². The molecule has 0 aromatic carbocycles. The third-order valence-corrected chi connectivity index (χ3v) is 6.10. The summed E-state index contributed by atoms with van der Waals surface area (Å²) in [6.45, 7) is 7.46. The number of carbonyl (C=O) groups is 1. The Labute approximate surface area is 160 Å². The van der Waals surface area contributed by atoms with Crippen LogP contribution in [0.1, 0.15) is 13.8 Å². The van der Waals surface area contributed by atoms with Gasteiger partial charge in [-0.25, -0.2) is 4.98 Å². The van der Waals surface area contributed by atoms with Gasteiger partial charge in [-0.3, -0.25) is 14.2 Å². The molecule has 3 aromatic rings. The van der Waals surface area contributed by atoms with Gasteiger partial charge < -0.3 is 10.2 Å². The Hall–Kier alpha value is -2.03. The number of thiophene rings is 2. The highest BCUT2D eigenvalue weighted by atomic mass is 32.1. The van der Waals surface area contributed by atoms with Crippen LogP contribution >= 0.6 is 22.7 Å². The van der Waals surface area contributed by atoms with Gasteiger partial charge in [-0.05, 0) is 24.5 Å². The van der Waals surface area contributed by atoms with E-state index >= 15 is 0 Å². The van der Waals surface area contributed by atoms with Crippen LogP contribution in [0.3, 0.4) is 0 Å². The SMILES string of the molecule is CCN(CC)CCNC(=O)Cn1cnc2scc(-c3cccs3)c2c1=O. The van der Waals surface area contributed by atoms with Crippen molar-refractivity contribution in [2.45, 2.75) is 20.4 Å². The summed E-state index contributed by atoms with van der Waals surface area (Å²) in [7, 11) is 0. The first-order chi connectivity index (χ1) is 12.6. The highest BCUT2D eigenvalue weighted by Gasteiger charge is 2.15. The molecule has 0 radical (unpaired) electrons. The van der Waals surface area contributed by atoms with Gasteiger partial charge in [-0.1, -0.05) is 19.9 Å². The fourth-order valence-electron chi connectivity index (χ4n) is 2.80. The van der Waals surface area contributed by atoms with E-state index in [-0.39, 0.29) is 18.0 Å². The van der Waals surface area contributed by atoms with Crippen LogP contribution in [0.25, 0.3) is 20.7 Å². The van der Waals surface area contributed by atoms with Crippen molar-refractivity contribution in [2.24, 2.45) is 0 Å². The first-order valence-electron chi connectivity index (χ1n) is 8.63. The average Bonchev–Trinajstić information content (AvgIpc) is 3.30. The number of aromatic nitrogens is 2. The summed E-state index contributed by atoms with van der Waals surface area (Å²) < 4.78 is 1.39. The van der Waals surface area contributed by atoms with E-state index in [0.717, 1.165) is 30.1 Å². The lowest BCUT2D eigenvalue weighted by atomic mass is 10.2. The van der Waals surface area contributed by atoms with Gasteiger partial charge in [0.2, 0.25) is 5.91 Å². The van der Waals surface area contributed by atoms with Gasteiger partial charge >= 0.3 is 0 Å². The maximum Gasteiger partial charge on any atom is 0.263 e. The highest BCUT2D eigenvalue weighted by molar-refractivity contribution is 7.18. The molecule has 3 rings (SSSR count). The molecule has 0 unspecified atom stereocenters. The zero-order valence-electron chi connectivity index (χ0n) is 14.9. The second kappa shape index (κ2) is 8.57. The average molecular weight is 391 g/mol. The molecule has 0 atom stereocenters. The molecule has 0 aliphatic heterocycles. The van der Waals surface area contributed by atoms with E-state index < -0.39 is 0 Å². The van der Waals surface area contributed by atoms with Crippen LogP contribution in [0.4, 0.5) is 0 Å². The van der Waals surface area contributed by atoms with E-state index in [1.807, 2.05) is 22.9 Å². The quantitative estimate of drug-likeness (QED) is 0.642. The van der Waals surface area contributed by atoms with Crippen molar-refractivity contribution in [2.75, 3.05) is 26.2 Å². The molecule has 0 saturated heterocycles. The van der Waals surface area contributed by atoms with Crippen LogP contribution in [-0.2, 0) is 11.3 Å². The lowest BCUT2D eigenvalue weighted by molar-refractivity contribution is -0.121. The van der Waals surface area contributed by atoms with E-state index in [1.165, 1.54) is 22.2 Å². The normalized spacial score (nSPS) is 11.3. The fourth-order valence-corrected chi connectivity index (χ4v) is 4.52. The summed E-state index contributed by atoms with van der Waals surface area (Å²) in [6.07, 6.45) is 1.46. The van der Waals surface area contributed by atoms with E-state index in [1.54, 1.807) is 11.3 Å². The molecule has 138 valence electrons. The molecule has 0 bridgehead atoms. The third kappa shape index (κ3) is 4.03. The molecule has 6 nitrogen and oxygen atoms in total. The Morgan fingerprint density at radius 1 is 1.31 bits per heavy atom. The topological polar surface area (TPSA) is 67.2 Å². The molecule has 0 spiro atoms. The van der Waals surface area contributed by atoms with Crippen molar-refractivity contribution in [1.82, 2.24) is 19.8 Å². The molecule has 1 amide bonds. The smallest absolute Gasteiger partial charge is 0.263 e. The number of fused-ring (bicyclic) bond motifs is 1. The predicted octanol–water partition coefficient (Wildman–Crippen LogP) is 2.64. The summed E-state index contributed by atoms with van der Waals surface area (Å²) >= 11 is 3.04. The summed E-state index contributed by atoms with van der Waals surface area (Å²) in [5.41, 5.74) is 0.729. The van der Waals surface area contributed by atoms with Crippen molar-refractivity contribution in [3.05, 3.63) is 39.6 Å². The number of likely N-dealkylation sites (N-methyl/N-ethyl adjacent to an activating group) is 1. The maximum absolute atomic E-state index is 12.9. The van der Waals surface area contributed by atoms with Gasteiger partial charge in [0.25, 0.3) is 5.56 Å². The molecule has 0 aliphatic rings. The summed E-state index contributed by atoms with van der Waals surface area (Å²) in [4.78, 5) is 33.4. The number of nitrogens with zero attached hydrogens (tertiary/aromatic N) is 3. The zero-order valence-corrected chi connectivity index (χ0v) is 16.5. The standard InChI is InChI=1S/C18H22N4O2S2/c1-3-21(4-2)8-7-19-15(23)10-22-12-20-17-16(18(22)24)13(11-26-17)14-6-5-9-25-14/h5-6,9,11-12H,3-4,7-8,10H2,1-2H3,(H,19,23). The van der Waals surface area contributed by atoms with Crippen molar-refractivity contribution < 1.29 is 4.79 Å². The molecule has 26 heavy (non-hydrogen) atoms. The molecule has 1 N–H and O–H groups in total. The first-order valence-corrected chi connectivity index (χ1v) is 10.4. The molecular formula is C18H22N4O2S2. The Kier molecular flexibility index (Phi) is 6.18. The molecule has 8 heteroatoms. The molecular weight excluding hydrogens is 368 g/mol. The Bertz CT molecular complexity index is 926. The summed E-state index contributed by atoms with van der Waals surface area (Å²) in [6, 6.07) is 3.95. The Morgan fingerprint density at radius 2 is 2.12 bits per heavy atom. The third-order valence-electron chi connectivity index (χ3n) is 4.31. The fraction of sp³-hybridized carbons (Fsp3) is 0.389. The molecule has 0 aliphatic carbocycles. The number of hydrogen-bond acceptors (Lipinski definition) is 6. The van der Waals surface area contributed by atoms with Crippen LogP contribution in [0.2, 0.25) is 0 Å². The van der Waals surface area contributed by atoms with E-state index in [2.05, 4.69) is 29.0 Å². The summed E-state index contributed by atoms with van der Waals surface area (Å²) in [5.74, 6) is -0.173. The highest BCUT2D eigenvalue weighted by Crippen LogP contribution is 2.33. The lowest BCUT2D eigenvalue weighted by Crippen LogP contribution is -2.37. The molecule has 0 saturated carbocycles. The second-order valence-corrected chi connectivity index (χ2v) is 7.67. The summed E-state index contributed by atoms with van der Waals surface area (Å²) in [5, 5.41) is 7.41. The van der Waals surface area contributed by atoms with Crippen LogP contribution in [0, 0.1) is 0 Å². The van der Waals surface area contributed by atoms with E-state index in [9.17, 15) is 9.59 Å². The number of rotatable bonds is 8.